The van der Waals surface area contributed by atoms with E-state index in [-0.39, 0.29) is 18.4 Å². The van der Waals surface area contributed by atoms with Crippen LogP contribution in [0.1, 0.15) is 24.0 Å². The van der Waals surface area contributed by atoms with E-state index in [1.807, 2.05) is 19.1 Å². The van der Waals surface area contributed by atoms with Crippen molar-refractivity contribution in [1.82, 2.24) is 9.62 Å². The minimum absolute atomic E-state index is 0.0872. The van der Waals surface area contributed by atoms with Crippen molar-refractivity contribution >= 4 is 15.9 Å². The van der Waals surface area contributed by atoms with Gasteiger partial charge in [-0.1, -0.05) is 12.1 Å². The number of benzene rings is 1. The number of carbonyl (C=O) groups is 1. The quantitative estimate of drug-likeness (QED) is 0.919. The molecule has 0 unspecified atom stereocenters. The predicted octanol–water partition coefficient (Wildman–Crippen LogP) is 1.45. The lowest BCUT2D eigenvalue weighted by atomic mass is 9.99. The summed E-state index contributed by atoms with van der Waals surface area (Å²) in [7, 11) is -1.95. The summed E-state index contributed by atoms with van der Waals surface area (Å²) in [5.74, 6) is -0.348. The molecule has 1 aliphatic heterocycles. The second-order valence-corrected chi connectivity index (χ2v) is 7.49. The third-order valence-electron chi connectivity index (χ3n) is 3.96. The molecule has 116 valence electrons. The molecule has 1 aromatic rings. The van der Waals surface area contributed by atoms with Crippen molar-refractivity contribution in [2.24, 2.45) is 5.92 Å². The van der Waals surface area contributed by atoms with Crippen molar-refractivity contribution in [3.8, 4) is 0 Å². The van der Waals surface area contributed by atoms with Gasteiger partial charge in [-0.25, -0.2) is 8.42 Å². The summed E-state index contributed by atoms with van der Waals surface area (Å²) in [6.07, 6.45) is 1.45. The van der Waals surface area contributed by atoms with E-state index in [2.05, 4.69) is 5.32 Å². The Hall–Kier alpha value is -1.40. The van der Waals surface area contributed by atoms with Crippen LogP contribution in [0.4, 0.5) is 0 Å². The maximum absolute atomic E-state index is 12.8. The SMILES string of the molecule is CNC(=O)[C@H]1CCCN(S(=O)(=O)c2cc(C)ccc2C)C1. The molecule has 1 saturated heterocycles. The number of piperidine rings is 1. The fraction of sp³-hybridized carbons (Fsp3) is 0.533. The van der Waals surface area contributed by atoms with E-state index in [9.17, 15) is 13.2 Å². The predicted molar refractivity (Wildman–Crippen MR) is 81.5 cm³/mol. The van der Waals surface area contributed by atoms with Crippen LogP contribution in [0, 0.1) is 19.8 Å². The summed E-state index contributed by atoms with van der Waals surface area (Å²) in [4.78, 5) is 12.1. The lowest BCUT2D eigenvalue weighted by molar-refractivity contribution is -0.125. The summed E-state index contributed by atoms with van der Waals surface area (Å²) in [5.41, 5.74) is 1.65. The Morgan fingerprint density at radius 3 is 2.71 bits per heavy atom. The van der Waals surface area contributed by atoms with Gasteiger partial charge >= 0.3 is 0 Å². The first-order chi connectivity index (χ1) is 9.86. The van der Waals surface area contributed by atoms with Crippen LogP contribution in [0.15, 0.2) is 23.1 Å². The summed E-state index contributed by atoms with van der Waals surface area (Å²) in [5, 5.41) is 2.61. The number of nitrogens with zero attached hydrogens (tertiary/aromatic N) is 1. The first-order valence-electron chi connectivity index (χ1n) is 7.15. The molecule has 1 N–H and O–H groups in total. The van der Waals surface area contributed by atoms with Gasteiger partial charge in [0.15, 0.2) is 0 Å². The molecule has 0 bridgehead atoms. The number of sulfonamides is 1. The smallest absolute Gasteiger partial charge is 0.243 e. The van der Waals surface area contributed by atoms with Crippen LogP contribution in [0.3, 0.4) is 0 Å². The maximum Gasteiger partial charge on any atom is 0.243 e. The third kappa shape index (κ3) is 3.27. The minimum atomic E-state index is -3.54. The van der Waals surface area contributed by atoms with Crippen LogP contribution in [0.2, 0.25) is 0 Å². The summed E-state index contributed by atoms with van der Waals surface area (Å²) in [6, 6.07) is 5.43. The monoisotopic (exact) mass is 310 g/mol. The number of aryl methyl sites for hydroxylation is 2. The maximum atomic E-state index is 12.8. The van der Waals surface area contributed by atoms with Gasteiger partial charge in [-0.2, -0.15) is 4.31 Å². The van der Waals surface area contributed by atoms with Crippen molar-refractivity contribution in [2.45, 2.75) is 31.6 Å². The van der Waals surface area contributed by atoms with Crippen LogP contribution in [-0.4, -0.2) is 38.8 Å². The molecule has 1 heterocycles. The molecule has 0 aromatic heterocycles. The van der Waals surface area contributed by atoms with Crippen LogP contribution in [0.5, 0.6) is 0 Å². The summed E-state index contributed by atoms with van der Waals surface area (Å²) in [6.45, 7) is 4.41. The molecule has 0 aliphatic carbocycles. The first kappa shape index (κ1) is 16.0. The van der Waals surface area contributed by atoms with Crippen molar-refractivity contribution in [3.63, 3.8) is 0 Å². The Kier molecular flexibility index (Phi) is 4.68. The Morgan fingerprint density at radius 2 is 2.05 bits per heavy atom. The first-order valence-corrected chi connectivity index (χ1v) is 8.59. The number of nitrogens with one attached hydrogen (secondary N) is 1. The Morgan fingerprint density at radius 1 is 1.33 bits per heavy atom. The number of carbonyl (C=O) groups excluding carboxylic acids is 1. The van der Waals surface area contributed by atoms with E-state index in [4.69, 9.17) is 0 Å². The lowest BCUT2D eigenvalue weighted by Crippen LogP contribution is -2.44. The molecule has 6 heteroatoms. The topological polar surface area (TPSA) is 66.5 Å². The van der Waals surface area contributed by atoms with Gasteiger partial charge in [0.05, 0.1) is 10.8 Å². The Bertz CT molecular complexity index is 640. The van der Waals surface area contributed by atoms with Gasteiger partial charge in [0.1, 0.15) is 0 Å². The van der Waals surface area contributed by atoms with Gasteiger partial charge in [0.2, 0.25) is 15.9 Å². The van der Waals surface area contributed by atoms with Crippen molar-refractivity contribution in [1.29, 1.82) is 0 Å². The van der Waals surface area contributed by atoms with E-state index in [1.165, 1.54) is 4.31 Å². The molecule has 2 rings (SSSR count). The zero-order chi connectivity index (χ0) is 15.6. The minimum Gasteiger partial charge on any atom is -0.359 e. The number of rotatable bonds is 3. The number of hydrogen-bond acceptors (Lipinski definition) is 3. The molecule has 1 aromatic carbocycles. The van der Waals surface area contributed by atoms with Crippen LogP contribution >= 0.6 is 0 Å². The van der Waals surface area contributed by atoms with Crippen LogP contribution in [0.25, 0.3) is 0 Å². The summed E-state index contributed by atoms with van der Waals surface area (Å²) < 4.78 is 27.1. The van der Waals surface area contributed by atoms with Crippen LogP contribution < -0.4 is 5.32 Å². The van der Waals surface area contributed by atoms with Crippen LogP contribution in [-0.2, 0) is 14.8 Å². The van der Waals surface area contributed by atoms with Gasteiger partial charge < -0.3 is 5.32 Å². The van der Waals surface area contributed by atoms with Crippen molar-refractivity contribution in [2.75, 3.05) is 20.1 Å². The van der Waals surface area contributed by atoms with Gasteiger partial charge in [0, 0.05) is 20.1 Å². The van der Waals surface area contributed by atoms with E-state index >= 15 is 0 Å². The van der Waals surface area contributed by atoms with Gasteiger partial charge in [-0.15, -0.1) is 0 Å². The molecule has 0 saturated carbocycles. The molecule has 1 aliphatic rings. The average molecular weight is 310 g/mol. The molecular formula is C15H22N2O3S. The molecule has 5 nitrogen and oxygen atoms in total. The lowest BCUT2D eigenvalue weighted by Gasteiger charge is -2.31. The molecule has 21 heavy (non-hydrogen) atoms. The number of hydrogen-bond donors (Lipinski definition) is 1. The largest absolute Gasteiger partial charge is 0.359 e. The average Bonchev–Trinajstić information content (AvgIpc) is 2.49. The third-order valence-corrected chi connectivity index (χ3v) is 5.97. The molecule has 1 atom stereocenters. The second-order valence-electron chi connectivity index (χ2n) is 5.59. The normalized spacial score (nSPS) is 20.2. The highest BCUT2D eigenvalue weighted by atomic mass is 32.2. The van der Waals surface area contributed by atoms with E-state index in [1.54, 1.807) is 20.0 Å². The molecule has 1 fully saturated rings. The van der Waals surface area contributed by atoms with Crippen molar-refractivity contribution in [3.05, 3.63) is 29.3 Å². The second kappa shape index (κ2) is 6.15. The van der Waals surface area contributed by atoms with Gasteiger partial charge in [-0.3, -0.25) is 4.79 Å². The highest BCUT2D eigenvalue weighted by molar-refractivity contribution is 7.89. The molecular weight excluding hydrogens is 288 g/mol. The van der Waals surface area contributed by atoms with Gasteiger partial charge in [0.25, 0.3) is 0 Å². The van der Waals surface area contributed by atoms with E-state index in [0.29, 0.717) is 17.9 Å². The Labute approximate surface area is 126 Å². The fourth-order valence-electron chi connectivity index (χ4n) is 2.70. The standard InChI is InChI=1S/C15H22N2O3S/c1-11-6-7-12(2)14(9-11)21(19,20)17-8-4-5-13(10-17)15(18)16-3/h6-7,9,13H,4-5,8,10H2,1-3H3,(H,16,18)/t13-/m0/s1. The highest BCUT2D eigenvalue weighted by Crippen LogP contribution is 2.26. The molecule has 0 spiro atoms. The van der Waals surface area contributed by atoms with Crippen molar-refractivity contribution < 1.29 is 13.2 Å². The zero-order valence-electron chi connectivity index (χ0n) is 12.7. The molecule has 0 radical (unpaired) electrons. The highest BCUT2D eigenvalue weighted by Gasteiger charge is 2.33. The number of amides is 1. The zero-order valence-corrected chi connectivity index (χ0v) is 13.5. The summed E-state index contributed by atoms with van der Waals surface area (Å²) >= 11 is 0. The van der Waals surface area contributed by atoms with Gasteiger partial charge in [-0.05, 0) is 43.9 Å². The molecule has 1 amide bonds. The fourth-order valence-corrected chi connectivity index (χ4v) is 4.54. The Balaban J connectivity index is 2.31. The van der Waals surface area contributed by atoms with E-state index < -0.39 is 10.0 Å². The van der Waals surface area contributed by atoms with E-state index in [0.717, 1.165) is 17.5 Å².